The molecule has 4 rings (SSSR count). The highest BCUT2D eigenvalue weighted by atomic mass is 79.9. The number of nitrogens with zero attached hydrogens (tertiary/aromatic N) is 1. The van der Waals surface area contributed by atoms with Crippen LogP contribution in [0.15, 0.2) is 46.9 Å². The van der Waals surface area contributed by atoms with Crippen molar-refractivity contribution in [2.24, 2.45) is 0 Å². The van der Waals surface area contributed by atoms with E-state index >= 15 is 0 Å². The summed E-state index contributed by atoms with van der Waals surface area (Å²) in [5.74, 6) is 0.0745. The summed E-state index contributed by atoms with van der Waals surface area (Å²) in [5, 5.41) is 1.90. The third-order valence-corrected chi connectivity index (χ3v) is 5.39. The van der Waals surface area contributed by atoms with Gasteiger partial charge in [-0.15, -0.1) is 0 Å². The lowest BCUT2D eigenvalue weighted by Gasteiger charge is -2.35. The molecule has 24 heavy (non-hydrogen) atoms. The van der Waals surface area contributed by atoms with Crippen molar-refractivity contribution < 1.29 is 4.79 Å². The smallest absolute Gasteiger partial charge is 0.220 e. The topological polar surface area (TPSA) is 36.1 Å². The second kappa shape index (κ2) is 5.94. The van der Waals surface area contributed by atoms with Crippen molar-refractivity contribution in [3.05, 3.63) is 68.8 Å². The lowest BCUT2D eigenvalue weighted by atomic mass is 9.92. The number of halogens is 2. The van der Waals surface area contributed by atoms with Crippen LogP contribution in [0.25, 0.3) is 10.9 Å². The molecule has 3 nitrogen and oxygen atoms in total. The monoisotopic (exact) mass is 402 g/mol. The van der Waals surface area contributed by atoms with Gasteiger partial charge in [0.05, 0.1) is 6.04 Å². The molecule has 0 bridgehead atoms. The van der Waals surface area contributed by atoms with Crippen LogP contribution >= 0.6 is 27.5 Å². The van der Waals surface area contributed by atoms with Crippen molar-refractivity contribution >= 4 is 44.3 Å². The molecular formula is C19H16BrClN2O. The summed E-state index contributed by atoms with van der Waals surface area (Å²) in [6.07, 6.45) is 0.850. The molecule has 2 heterocycles. The van der Waals surface area contributed by atoms with Crippen LogP contribution in [0.1, 0.15) is 29.8 Å². The van der Waals surface area contributed by atoms with Crippen LogP contribution < -0.4 is 0 Å². The van der Waals surface area contributed by atoms with E-state index in [0.717, 1.165) is 27.7 Å². The largest absolute Gasteiger partial charge is 0.356 e. The standard InChI is InChI=1S/C19H16BrClN2O/c1-11(24)23-8-7-15-16-10-13(20)5-6-17(16)22-18(15)19(23)12-3-2-4-14(21)9-12/h2-6,9-10,19,22H,7-8H2,1H3. The zero-order valence-corrected chi connectivity index (χ0v) is 15.5. The molecule has 0 radical (unpaired) electrons. The molecule has 3 aromatic rings. The minimum absolute atomic E-state index is 0.0745. The maximum atomic E-state index is 12.2. The molecule has 1 unspecified atom stereocenters. The highest BCUT2D eigenvalue weighted by Gasteiger charge is 2.33. The summed E-state index contributed by atoms with van der Waals surface area (Å²) in [7, 11) is 0. The first-order chi connectivity index (χ1) is 11.5. The maximum Gasteiger partial charge on any atom is 0.220 e. The van der Waals surface area contributed by atoms with Crippen molar-refractivity contribution in [2.75, 3.05) is 6.54 Å². The molecule has 2 aromatic carbocycles. The molecule has 1 N–H and O–H groups in total. The highest BCUT2D eigenvalue weighted by Crippen LogP contribution is 2.39. The van der Waals surface area contributed by atoms with E-state index in [0.29, 0.717) is 11.6 Å². The summed E-state index contributed by atoms with van der Waals surface area (Å²) >= 11 is 9.75. The highest BCUT2D eigenvalue weighted by molar-refractivity contribution is 9.10. The molecule has 0 aliphatic carbocycles. The lowest BCUT2D eigenvalue weighted by molar-refractivity contribution is -0.130. The molecule has 1 aliphatic heterocycles. The number of hydrogen-bond acceptors (Lipinski definition) is 1. The molecular weight excluding hydrogens is 388 g/mol. The van der Waals surface area contributed by atoms with E-state index in [1.165, 1.54) is 10.9 Å². The third-order valence-electron chi connectivity index (χ3n) is 4.66. The number of fused-ring (bicyclic) bond motifs is 3. The number of carbonyl (C=O) groups is 1. The zero-order chi connectivity index (χ0) is 16.8. The Kier molecular flexibility index (Phi) is 3.89. The van der Waals surface area contributed by atoms with Gasteiger partial charge in [0.15, 0.2) is 0 Å². The summed E-state index contributed by atoms with van der Waals surface area (Å²) < 4.78 is 1.06. The van der Waals surface area contributed by atoms with Crippen LogP contribution in [-0.2, 0) is 11.2 Å². The first-order valence-electron chi connectivity index (χ1n) is 7.87. The Bertz CT molecular complexity index is 950. The Morgan fingerprint density at radius 3 is 2.88 bits per heavy atom. The summed E-state index contributed by atoms with van der Waals surface area (Å²) in [6.45, 7) is 2.33. The molecule has 0 spiro atoms. The Balaban J connectivity index is 1.95. The van der Waals surface area contributed by atoms with Gasteiger partial charge in [-0.05, 0) is 47.9 Å². The van der Waals surface area contributed by atoms with Crippen LogP contribution in [0.3, 0.4) is 0 Å². The summed E-state index contributed by atoms with van der Waals surface area (Å²) in [4.78, 5) is 17.7. The number of nitrogens with one attached hydrogen (secondary N) is 1. The van der Waals surface area contributed by atoms with Gasteiger partial charge < -0.3 is 9.88 Å². The quantitative estimate of drug-likeness (QED) is 0.604. The van der Waals surface area contributed by atoms with Crippen molar-refractivity contribution in [1.29, 1.82) is 0 Å². The van der Waals surface area contributed by atoms with Gasteiger partial charge in [0, 0.05) is 39.6 Å². The fourth-order valence-electron chi connectivity index (χ4n) is 3.62. The van der Waals surface area contributed by atoms with Crippen LogP contribution in [0.5, 0.6) is 0 Å². The lowest BCUT2D eigenvalue weighted by Crippen LogP contribution is -2.39. The van der Waals surface area contributed by atoms with Crippen LogP contribution in [0, 0.1) is 0 Å². The van der Waals surface area contributed by atoms with Crippen LogP contribution in [0.2, 0.25) is 5.02 Å². The second-order valence-corrected chi connectivity index (χ2v) is 7.48. The number of amides is 1. The van der Waals surface area contributed by atoms with E-state index in [1.807, 2.05) is 35.2 Å². The predicted octanol–water partition coefficient (Wildman–Crippen LogP) is 5.08. The van der Waals surface area contributed by atoms with Gasteiger partial charge in [-0.2, -0.15) is 0 Å². The number of carbonyl (C=O) groups excluding carboxylic acids is 1. The fraction of sp³-hybridized carbons (Fsp3) is 0.211. The average molecular weight is 404 g/mol. The Morgan fingerprint density at radius 2 is 2.12 bits per heavy atom. The molecule has 0 saturated carbocycles. The Morgan fingerprint density at radius 1 is 1.29 bits per heavy atom. The van der Waals surface area contributed by atoms with Crippen molar-refractivity contribution in [3.63, 3.8) is 0 Å². The molecule has 0 fully saturated rings. The van der Waals surface area contributed by atoms with E-state index in [1.54, 1.807) is 6.92 Å². The summed E-state index contributed by atoms with van der Waals surface area (Å²) in [6, 6.07) is 13.9. The van der Waals surface area contributed by atoms with E-state index in [4.69, 9.17) is 11.6 Å². The summed E-state index contributed by atoms with van der Waals surface area (Å²) in [5.41, 5.74) is 4.51. The predicted molar refractivity (Wildman–Crippen MR) is 100 cm³/mol. The van der Waals surface area contributed by atoms with Crippen LogP contribution in [0.4, 0.5) is 0 Å². The third kappa shape index (κ3) is 2.54. The van der Waals surface area contributed by atoms with E-state index in [-0.39, 0.29) is 11.9 Å². The number of H-pyrrole nitrogens is 1. The van der Waals surface area contributed by atoms with E-state index in [9.17, 15) is 4.79 Å². The van der Waals surface area contributed by atoms with Crippen LogP contribution in [-0.4, -0.2) is 22.3 Å². The minimum Gasteiger partial charge on any atom is -0.356 e. The van der Waals surface area contributed by atoms with Crippen molar-refractivity contribution in [2.45, 2.75) is 19.4 Å². The molecule has 5 heteroatoms. The van der Waals surface area contributed by atoms with Gasteiger partial charge in [-0.1, -0.05) is 39.7 Å². The number of hydrogen-bond donors (Lipinski definition) is 1. The molecule has 1 atom stereocenters. The van der Waals surface area contributed by atoms with Gasteiger partial charge in [0.2, 0.25) is 5.91 Å². The second-order valence-electron chi connectivity index (χ2n) is 6.13. The normalized spacial score (nSPS) is 17.1. The van der Waals surface area contributed by atoms with Gasteiger partial charge >= 0.3 is 0 Å². The first kappa shape index (κ1) is 15.7. The van der Waals surface area contributed by atoms with E-state index in [2.05, 4.69) is 33.0 Å². The number of rotatable bonds is 1. The van der Waals surface area contributed by atoms with Gasteiger partial charge in [0.1, 0.15) is 0 Å². The molecule has 122 valence electrons. The molecule has 1 aliphatic rings. The van der Waals surface area contributed by atoms with Gasteiger partial charge in [-0.3, -0.25) is 4.79 Å². The minimum atomic E-state index is -0.129. The molecule has 1 aromatic heterocycles. The maximum absolute atomic E-state index is 12.2. The average Bonchev–Trinajstić information content (AvgIpc) is 2.91. The van der Waals surface area contributed by atoms with Crippen molar-refractivity contribution in [3.8, 4) is 0 Å². The zero-order valence-electron chi connectivity index (χ0n) is 13.1. The fourth-order valence-corrected chi connectivity index (χ4v) is 4.18. The van der Waals surface area contributed by atoms with Gasteiger partial charge in [-0.25, -0.2) is 0 Å². The Hall–Kier alpha value is -1.78. The number of aromatic amines is 1. The van der Waals surface area contributed by atoms with Gasteiger partial charge in [0.25, 0.3) is 0 Å². The molecule has 1 amide bonds. The van der Waals surface area contributed by atoms with Crippen molar-refractivity contribution in [1.82, 2.24) is 9.88 Å². The first-order valence-corrected chi connectivity index (χ1v) is 9.04. The number of benzene rings is 2. The number of aromatic nitrogens is 1. The SMILES string of the molecule is CC(=O)N1CCc2c([nH]c3ccc(Br)cc23)C1c1cccc(Cl)c1. The van der Waals surface area contributed by atoms with E-state index < -0.39 is 0 Å². The molecule has 0 saturated heterocycles. The Labute approximate surface area is 153 Å².